The van der Waals surface area contributed by atoms with Gasteiger partial charge in [0.15, 0.2) is 11.6 Å². The fourth-order valence-electron chi connectivity index (χ4n) is 2.24. The first-order chi connectivity index (χ1) is 11.3. The summed E-state index contributed by atoms with van der Waals surface area (Å²) in [5.74, 6) is 2.04. The molecule has 120 valence electrons. The molecule has 0 aliphatic heterocycles. The molecule has 0 spiro atoms. The molecule has 0 aliphatic rings. The van der Waals surface area contributed by atoms with Gasteiger partial charge in [0.05, 0.1) is 6.26 Å². The molecule has 3 aromatic rings. The average Bonchev–Trinajstić information content (AvgIpc) is 3.30. The van der Waals surface area contributed by atoms with E-state index in [1.54, 1.807) is 30.2 Å². The van der Waals surface area contributed by atoms with Crippen LogP contribution < -0.4 is 5.32 Å². The molecule has 1 unspecified atom stereocenters. The predicted molar refractivity (Wildman–Crippen MR) is 89.2 cm³/mol. The van der Waals surface area contributed by atoms with Crippen molar-refractivity contribution < 1.29 is 9.21 Å². The van der Waals surface area contributed by atoms with Crippen molar-refractivity contribution in [2.75, 3.05) is 17.3 Å². The smallest absolute Gasteiger partial charge is 0.249 e. The number of hydrogen-bond donors (Lipinski definition) is 2. The van der Waals surface area contributed by atoms with Crippen LogP contribution in [0, 0.1) is 0 Å². The number of carbonyl (C=O) groups is 1. The van der Waals surface area contributed by atoms with Crippen molar-refractivity contribution in [1.82, 2.24) is 19.7 Å². The molecule has 8 heteroatoms. The Morgan fingerprint density at radius 2 is 2.26 bits per heavy atom. The number of amides is 1. The monoisotopic (exact) mass is 331 g/mol. The summed E-state index contributed by atoms with van der Waals surface area (Å²) in [4.78, 5) is 16.8. The highest BCUT2D eigenvalue weighted by molar-refractivity contribution is 7.98. The van der Waals surface area contributed by atoms with Gasteiger partial charge in [0.25, 0.3) is 0 Å². The van der Waals surface area contributed by atoms with Crippen molar-refractivity contribution in [3.8, 4) is 11.6 Å². The molecule has 3 heterocycles. The van der Waals surface area contributed by atoms with E-state index in [1.165, 1.54) is 0 Å². The van der Waals surface area contributed by atoms with E-state index in [9.17, 15) is 4.79 Å². The third-order valence-corrected chi connectivity index (χ3v) is 4.00. The molecule has 0 saturated heterocycles. The minimum absolute atomic E-state index is 0.139. The van der Waals surface area contributed by atoms with Gasteiger partial charge in [0, 0.05) is 12.4 Å². The maximum Gasteiger partial charge on any atom is 0.249 e. The zero-order chi connectivity index (χ0) is 16.1. The molecule has 0 radical (unpaired) electrons. The van der Waals surface area contributed by atoms with E-state index in [2.05, 4.69) is 20.5 Å². The third-order valence-electron chi connectivity index (χ3n) is 3.36. The van der Waals surface area contributed by atoms with Crippen LogP contribution in [0.5, 0.6) is 0 Å². The van der Waals surface area contributed by atoms with Gasteiger partial charge in [-0.3, -0.25) is 15.2 Å². The number of furan rings is 1. The van der Waals surface area contributed by atoms with Crippen LogP contribution in [-0.2, 0) is 4.79 Å². The van der Waals surface area contributed by atoms with Crippen molar-refractivity contribution in [2.45, 2.75) is 12.5 Å². The normalized spacial score (nSPS) is 12.2. The lowest BCUT2D eigenvalue weighted by Gasteiger charge is -2.17. The van der Waals surface area contributed by atoms with E-state index >= 15 is 0 Å². The number of rotatable bonds is 7. The number of anilines is 1. The van der Waals surface area contributed by atoms with Crippen LogP contribution in [-0.4, -0.2) is 37.7 Å². The predicted octanol–water partition coefficient (Wildman–Crippen LogP) is 2.80. The van der Waals surface area contributed by atoms with Crippen LogP contribution in [0.2, 0.25) is 0 Å². The Bertz CT molecular complexity index is 736. The number of aromatic amines is 1. The van der Waals surface area contributed by atoms with E-state index in [0.29, 0.717) is 11.6 Å². The van der Waals surface area contributed by atoms with Gasteiger partial charge in [0.2, 0.25) is 11.9 Å². The van der Waals surface area contributed by atoms with E-state index in [-0.39, 0.29) is 17.9 Å². The average molecular weight is 331 g/mol. The summed E-state index contributed by atoms with van der Waals surface area (Å²) >= 11 is 1.71. The van der Waals surface area contributed by atoms with Gasteiger partial charge in [-0.05, 0) is 42.7 Å². The van der Waals surface area contributed by atoms with Crippen molar-refractivity contribution in [3.63, 3.8) is 0 Å². The first kappa shape index (κ1) is 15.4. The Hall–Kier alpha value is -2.48. The van der Waals surface area contributed by atoms with Gasteiger partial charge >= 0.3 is 0 Å². The molecule has 7 nitrogen and oxygen atoms in total. The minimum Gasteiger partial charge on any atom is -0.461 e. The van der Waals surface area contributed by atoms with Crippen molar-refractivity contribution in [3.05, 3.63) is 42.9 Å². The van der Waals surface area contributed by atoms with Gasteiger partial charge < -0.3 is 8.98 Å². The van der Waals surface area contributed by atoms with Gasteiger partial charge in [-0.15, -0.1) is 5.10 Å². The van der Waals surface area contributed by atoms with Crippen LogP contribution in [0.1, 0.15) is 12.5 Å². The van der Waals surface area contributed by atoms with Gasteiger partial charge in [-0.1, -0.05) is 0 Å². The maximum absolute atomic E-state index is 12.6. The number of nitrogens with zero attached hydrogens (tertiary/aromatic N) is 3. The molecule has 0 saturated carbocycles. The molecular formula is C15H17N5O2S. The molecule has 0 aliphatic carbocycles. The van der Waals surface area contributed by atoms with E-state index < -0.39 is 0 Å². The number of nitrogens with one attached hydrogen (secondary N) is 2. The fourth-order valence-corrected chi connectivity index (χ4v) is 2.69. The summed E-state index contributed by atoms with van der Waals surface area (Å²) < 4.78 is 7.14. The van der Waals surface area contributed by atoms with Crippen molar-refractivity contribution in [1.29, 1.82) is 0 Å². The first-order valence-electron chi connectivity index (χ1n) is 7.16. The number of hydrogen-bond acceptors (Lipinski definition) is 5. The van der Waals surface area contributed by atoms with Crippen molar-refractivity contribution in [2.24, 2.45) is 0 Å². The molecule has 0 aromatic carbocycles. The highest BCUT2D eigenvalue weighted by Gasteiger charge is 2.21. The second-order valence-electron chi connectivity index (χ2n) is 4.90. The largest absolute Gasteiger partial charge is 0.461 e. The molecule has 23 heavy (non-hydrogen) atoms. The minimum atomic E-state index is -0.289. The number of aromatic nitrogens is 4. The third kappa shape index (κ3) is 3.65. The van der Waals surface area contributed by atoms with E-state index in [4.69, 9.17) is 4.42 Å². The maximum atomic E-state index is 12.6. The summed E-state index contributed by atoms with van der Waals surface area (Å²) in [6.45, 7) is 0. The summed E-state index contributed by atoms with van der Waals surface area (Å²) in [5.41, 5.74) is 0. The quantitative estimate of drug-likeness (QED) is 0.695. The highest BCUT2D eigenvalue weighted by atomic mass is 32.2. The molecule has 0 fully saturated rings. The number of thioether (sulfide) groups is 1. The lowest BCUT2D eigenvalue weighted by atomic mass is 10.2. The van der Waals surface area contributed by atoms with Crippen LogP contribution in [0.4, 0.5) is 5.95 Å². The Balaban J connectivity index is 1.71. The van der Waals surface area contributed by atoms with Gasteiger partial charge in [0.1, 0.15) is 6.04 Å². The Morgan fingerprint density at radius 1 is 1.43 bits per heavy atom. The standard InChI is InChI=1S/C15H17N5O2S/c1-23-10-6-11(20-7-2-3-8-20)14(21)17-15-16-13(18-19-15)12-5-4-9-22-12/h2-5,7-9,11H,6,10H2,1H3,(H2,16,17,18,19,21). The second kappa shape index (κ2) is 7.19. The van der Waals surface area contributed by atoms with Crippen LogP contribution in [0.3, 0.4) is 0 Å². The highest BCUT2D eigenvalue weighted by Crippen LogP contribution is 2.19. The van der Waals surface area contributed by atoms with Crippen LogP contribution >= 0.6 is 11.8 Å². The molecule has 3 rings (SSSR count). The van der Waals surface area contributed by atoms with Gasteiger partial charge in [-0.25, -0.2) is 0 Å². The lowest BCUT2D eigenvalue weighted by Crippen LogP contribution is -2.26. The van der Waals surface area contributed by atoms with Crippen molar-refractivity contribution >= 4 is 23.6 Å². The van der Waals surface area contributed by atoms with Crippen LogP contribution in [0.25, 0.3) is 11.6 Å². The first-order valence-corrected chi connectivity index (χ1v) is 8.56. The van der Waals surface area contributed by atoms with Crippen LogP contribution in [0.15, 0.2) is 47.3 Å². The SMILES string of the molecule is CSCCC(C(=O)Nc1n[nH]c(-c2ccco2)n1)n1cccc1. The summed E-state index contributed by atoms with van der Waals surface area (Å²) in [6, 6.07) is 7.05. The molecular weight excluding hydrogens is 314 g/mol. The summed E-state index contributed by atoms with van der Waals surface area (Å²) in [7, 11) is 0. The Morgan fingerprint density at radius 3 is 2.96 bits per heavy atom. The molecule has 0 bridgehead atoms. The van der Waals surface area contributed by atoms with Gasteiger partial charge in [-0.2, -0.15) is 16.7 Å². The summed E-state index contributed by atoms with van der Waals surface area (Å²) in [6.07, 6.45) is 8.08. The van der Waals surface area contributed by atoms with E-state index in [0.717, 1.165) is 12.2 Å². The number of carbonyl (C=O) groups excluding carboxylic acids is 1. The molecule has 1 atom stereocenters. The molecule has 2 N–H and O–H groups in total. The zero-order valence-corrected chi connectivity index (χ0v) is 13.4. The second-order valence-corrected chi connectivity index (χ2v) is 5.89. The Labute approximate surface area is 137 Å². The fraction of sp³-hybridized carbons (Fsp3) is 0.267. The molecule has 1 amide bonds. The zero-order valence-electron chi connectivity index (χ0n) is 12.6. The lowest BCUT2D eigenvalue weighted by molar-refractivity contribution is -0.119. The molecule has 3 aromatic heterocycles. The van der Waals surface area contributed by atoms with E-state index in [1.807, 2.05) is 35.3 Å². The Kier molecular flexibility index (Phi) is 4.82. The number of H-pyrrole nitrogens is 1. The topological polar surface area (TPSA) is 88.7 Å². The summed E-state index contributed by atoms with van der Waals surface area (Å²) in [5, 5.41) is 9.52.